The number of benzene rings is 2. The number of amides is 1. The highest BCUT2D eigenvalue weighted by atomic mass is 32.2. The van der Waals surface area contributed by atoms with E-state index >= 15 is 0 Å². The molecule has 29 heavy (non-hydrogen) atoms. The van der Waals surface area contributed by atoms with E-state index in [1.807, 2.05) is 38.1 Å². The van der Waals surface area contributed by atoms with Crippen LogP contribution in [0.25, 0.3) is 0 Å². The number of hydrogen-bond donors (Lipinski definition) is 1. The third-order valence-electron chi connectivity index (χ3n) is 5.10. The minimum absolute atomic E-state index is 0.251. The van der Waals surface area contributed by atoms with Gasteiger partial charge in [0.25, 0.3) is 5.91 Å². The number of piperidine rings is 1. The van der Waals surface area contributed by atoms with E-state index in [4.69, 9.17) is 4.74 Å². The molecule has 0 aliphatic carbocycles. The quantitative estimate of drug-likeness (QED) is 0.741. The predicted octanol–water partition coefficient (Wildman–Crippen LogP) is 3.97. The number of anilines is 1. The van der Waals surface area contributed by atoms with Crippen LogP contribution < -0.4 is 10.1 Å². The predicted molar refractivity (Wildman–Crippen MR) is 114 cm³/mol. The largest absolute Gasteiger partial charge is 0.480 e. The molecule has 0 radical (unpaired) electrons. The van der Waals surface area contributed by atoms with Gasteiger partial charge < -0.3 is 10.1 Å². The lowest BCUT2D eigenvalue weighted by atomic mass is 10.2. The molecule has 1 aliphatic rings. The molecule has 0 unspecified atom stereocenters. The van der Waals surface area contributed by atoms with Crippen molar-refractivity contribution in [1.29, 1.82) is 0 Å². The van der Waals surface area contributed by atoms with Gasteiger partial charge in [0.2, 0.25) is 10.0 Å². The van der Waals surface area contributed by atoms with E-state index in [1.165, 1.54) is 4.31 Å². The molecule has 1 atom stereocenters. The van der Waals surface area contributed by atoms with E-state index in [9.17, 15) is 13.2 Å². The van der Waals surface area contributed by atoms with Crippen molar-refractivity contribution in [2.24, 2.45) is 0 Å². The molecule has 2 aromatic carbocycles. The van der Waals surface area contributed by atoms with Crippen molar-refractivity contribution in [2.75, 3.05) is 18.4 Å². The Bertz CT molecular complexity index is 936. The van der Waals surface area contributed by atoms with Crippen molar-refractivity contribution >= 4 is 21.6 Å². The van der Waals surface area contributed by atoms with Crippen molar-refractivity contribution in [3.63, 3.8) is 0 Å². The zero-order valence-corrected chi connectivity index (χ0v) is 17.7. The average molecular weight is 417 g/mol. The van der Waals surface area contributed by atoms with Gasteiger partial charge in [0.05, 0.1) is 4.90 Å². The van der Waals surface area contributed by atoms with E-state index in [0.29, 0.717) is 30.9 Å². The van der Waals surface area contributed by atoms with Gasteiger partial charge in [-0.2, -0.15) is 4.31 Å². The second-order valence-corrected chi connectivity index (χ2v) is 9.20. The van der Waals surface area contributed by atoms with Crippen LogP contribution in [0, 0.1) is 6.92 Å². The SMILES string of the molecule is CC[C@H](Oc1ccccc1C)C(=O)Nc1ccc(S(=O)(=O)N2CCCCC2)cc1. The number of para-hydroxylation sites is 1. The first kappa shape index (κ1) is 21.3. The van der Waals surface area contributed by atoms with Crippen LogP contribution in [0.15, 0.2) is 53.4 Å². The van der Waals surface area contributed by atoms with Crippen LogP contribution in [0.4, 0.5) is 5.69 Å². The number of ether oxygens (including phenoxy) is 1. The first-order valence-electron chi connectivity index (χ1n) is 10.0. The molecule has 7 heteroatoms. The number of aryl methyl sites for hydroxylation is 1. The standard InChI is InChI=1S/C22H28N2O4S/c1-3-20(28-21-10-6-5-9-17(21)2)22(25)23-18-11-13-19(14-12-18)29(26,27)24-15-7-4-8-16-24/h5-6,9-14,20H,3-4,7-8,15-16H2,1-2H3,(H,23,25)/t20-/m0/s1. The lowest BCUT2D eigenvalue weighted by molar-refractivity contribution is -0.122. The first-order chi connectivity index (χ1) is 13.9. The van der Waals surface area contributed by atoms with Crippen LogP contribution in [-0.2, 0) is 14.8 Å². The number of nitrogens with zero attached hydrogens (tertiary/aromatic N) is 1. The summed E-state index contributed by atoms with van der Waals surface area (Å²) in [6, 6.07) is 13.9. The Labute approximate surface area is 172 Å². The first-order valence-corrected chi connectivity index (χ1v) is 11.5. The number of hydrogen-bond acceptors (Lipinski definition) is 4. The zero-order chi connectivity index (χ0) is 20.9. The number of nitrogens with one attached hydrogen (secondary N) is 1. The average Bonchev–Trinajstić information content (AvgIpc) is 2.74. The Balaban J connectivity index is 1.66. The van der Waals surface area contributed by atoms with Gasteiger partial charge in [-0.05, 0) is 62.1 Å². The van der Waals surface area contributed by atoms with Crippen LogP contribution in [-0.4, -0.2) is 37.8 Å². The summed E-state index contributed by atoms with van der Waals surface area (Å²) in [5.74, 6) is 0.417. The van der Waals surface area contributed by atoms with Gasteiger partial charge in [0.15, 0.2) is 6.10 Å². The fraction of sp³-hybridized carbons (Fsp3) is 0.409. The highest BCUT2D eigenvalue weighted by Crippen LogP contribution is 2.23. The molecule has 6 nitrogen and oxygen atoms in total. The summed E-state index contributed by atoms with van der Waals surface area (Å²) in [5, 5.41) is 2.82. The van der Waals surface area contributed by atoms with Gasteiger partial charge in [-0.15, -0.1) is 0 Å². The summed E-state index contributed by atoms with van der Waals surface area (Å²) >= 11 is 0. The maximum Gasteiger partial charge on any atom is 0.265 e. The minimum atomic E-state index is -3.48. The van der Waals surface area contributed by atoms with Gasteiger partial charge in [0, 0.05) is 18.8 Å². The lowest BCUT2D eigenvalue weighted by Gasteiger charge is -2.26. The van der Waals surface area contributed by atoms with Crippen molar-refractivity contribution < 1.29 is 17.9 Å². The van der Waals surface area contributed by atoms with Crippen molar-refractivity contribution in [2.45, 2.75) is 50.5 Å². The molecule has 1 fully saturated rings. The fourth-order valence-corrected chi connectivity index (χ4v) is 4.87. The van der Waals surface area contributed by atoms with E-state index in [0.717, 1.165) is 24.8 Å². The summed E-state index contributed by atoms with van der Waals surface area (Å²) in [6.45, 7) is 4.95. The summed E-state index contributed by atoms with van der Waals surface area (Å²) in [6.07, 6.45) is 2.74. The van der Waals surface area contributed by atoms with Crippen LogP contribution >= 0.6 is 0 Å². The molecule has 1 amide bonds. The Morgan fingerprint density at radius 3 is 2.34 bits per heavy atom. The second-order valence-electron chi connectivity index (χ2n) is 7.26. The van der Waals surface area contributed by atoms with E-state index < -0.39 is 16.1 Å². The Morgan fingerprint density at radius 2 is 1.72 bits per heavy atom. The number of carbonyl (C=O) groups is 1. The van der Waals surface area contributed by atoms with Gasteiger partial charge >= 0.3 is 0 Å². The Morgan fingerprint density at radius 1 is 1.07 bits per heavy atom. The molecular formula is C22H28N2O4S. The summed E-state index contributed by atoms with van der Waals surface area (Å²) in [5.41, 5.74) is 1.51. The Kier molecular flexibility index (Phi) is 6.92. The molecule has 1 N–H and O–H groups in total. The molecule has 0 saturated carbocycles. The molecule has 0 aromatic heterocycles. The summed E-state index contributed by atoms with van der Waals surface area (Å²) in [7, 11) is -3.48. The molecular weight excluding hydrogens is 388 g/mol. The zero-order valence-electron chi connectivity index (χ0n) is 16.9. The maximum atomic E-state index is 12.7. The van der Waals surface area contributed by atoms with Crippen LogP contribution in [0.1, 0.15) is 38.2 Å². The third kappa shape index (κ3) is 5.16. The molecule has 156 valence electrons. The molecule has 0 bridgehead atoms. The maximum absolute atomic E-state index is 12.7. The minimum Gasteiger partial charge on any atom is -0.480 e. The van der Waals surface area contributed by atoms with Gasteiger partial charge in [-0.3, -0.25) is 4.79 Å². The smallest absolute Gasteiger partial charge is 0.265 e. The molecule has 1 heterocycles. The number of carbonyl (C=O) groups excluding carboxylic acids is 1. The highest BCUT2D eigenvalue weighted by molar-refractivity contribution is 7.89. The molecule has 3 rings (SSSR count). The summed E-state index contributed by atoms with van der Waals surface area (Å²) in [4.78, 5) is 12.9. The van der Waals surface area contributed by atoms with Crippen LogP contribution in [0.3, 0.4) is 0 Å². The van der Waals surface area contributed by atoms with Gasteiger partial charge in [0.1, 0.15) is 5.75 Å². The summed E-state index contributed by atoms with van der Waals surface area (Å²) < 4.78 is 32.9. The van der Waals surface area contributed by atoms with Crippen LogP contribution in [0.5, 0.6) is 5.75 Å². The molecule has 1 aliphatic heterocycles. The van der Waals surface area contributed by atoms with Crippen molar-refractivity contribution in [3.8, 4) is 5.75 Å². The van der Waals surface area contributed by atoms with E-state index in [2.05, 4.69) is 5.32 Å². The number of sulfonamides is 1. The van der Waals surface area contributed by atoms with Gasteiger partial charge in [-0.1, -0.05) is 31.5 Å². The van der Waals surface area contributed by atoms with Crippen molar-refractivity contribution in [1.82, 2.24) is 4.31 Å². The van der Waals surface area contributed by atoms with E-state index in [1.54, 1.807) is 24.3 Å². The van der Waals surface area contributed by atoms with Gasteiger partial charge in [-0.25, -0.2) is 8.42 Å². The third-order valence-corrected chi connectivity index (χ3v) is 7.01. The van der Waals surface area contributed by atoms with E-state index in [-0.39, 0.29) is 10.8 Å². The normalized spacial score (nSPS) is 16.2. The molecule has 1 saturated heterocycles. The fourth-order valence-electron chi connectivity index (χ4n) is 3.35. The number of rotatable bonds is 7. The monoisotopic (exact) mass is 416 g/mol. The molecule has 0 spiro atoms. The highest BCUT2D eigenvalue weighted by Gasteiger charge is 2.26. The topological polar surface area (TPSA) is 75.7 Å². The second kappa shape index (κ2) is 9.41. The lowest BCUT2D eigenvalue weighted by Crippen LogP contribution is -2.35. The van der Waals surface area contributed by atoms with Crippen LogP contribution in [0.2, 0.25) is 0 Å². The molecule has 2 aromatic rings. The Hall–Kier alpha value is -2.38. The van der Waals surface area contributed by atoms with Crippen molar-refractivity contribution in [3.05, 3.63) is 54.1 Å².